The van der Waals surface area contributed by atoms with E-state index in [1.807, 2.05) is 0 Å². The number of hydrogen-bond donors (Lipinski definition) is 1. The van der Waals surface area contributed by atoms with Crippen molar-refractivity contribution in [1.82, 2.24) is 0 Å². The fourth-order valence-electron chi connectivity index (χ4n) is 1.44. The van der Waals surface area contributed by atoms with Gasteiger partial charge in [-0.15, -0.1) is 0 Å². The Morgan fingerprint density at radius 3 is 3.08 bits per heavy atom. The zero-order chi connectivity index (χ0) is 8.81. The van der Waals surface area contributed by atoms with Gasteiger partial charge in [-0.2, -0.15) is 0 Å². The molecule has 1 aliphatic heterocycles. The lowest BCUT2D eigenvalue weighted by atomic mass is 10.1. The zero-order valence-corrected chi connectivity index (χ0v) is 7.79. The Morgan fingerprint density at radius 2 is 2.42 bits per heavy atom. The molecule has 3 heteroatoms. The molecule has 0 saturated carbocycles. The highest BCUT2D eigenvalue weighted by Gasteiger charge is 2.19. The molecule has 0 radical (unpaired) electrons. The number of rotatable bonds is 4. The van der Waals surface area contributed by atoms with Crippen LogP contribution in [0.3, 0.4) is 0 Å². The zero-order valence-electron chi connectivity index (χ0n) is 7.79. The maximum absolute atomic E-state index is 5.63. The van der Waals surface area contributed by atoms with Gasteiger partial charge < -0.3 is 15.2 Å². The highest BCUT2D eigenvalue weighted by molar-refractivity contribution is 4.68. The van der Waals surface area contributed by atoms with Crippen molar-refractivity contribution in [1.29, 1.82) is 0 Å². The van der Waals surface area contributed by atoms with Crippen LogP contribution in [0.5, 0.6) is 0 Å². The van der Waals surface area contributed by atoms with Gasteiger partial charge >= 0.3 is 0 Å². The van der Waals surface area contributed by atoms with E-state index in [0.717, 1.165) is 39.0 Å². The van der Waals surface area contributed by atoms with Crippen LogP contribution < -0.4 is 5.73 Å². The molecule has 1 aliphatic rings. The predicted molar refractivity (Wildman–Crippen MR) is 48.1 cm³/mol. The molecule has 0 amide bonds. The third-order valence-corrected chi connectivity index (χ3v) is 2.14. The molecular weight excluding hydrogens is 154 g/mol. The van der Waals surface area contributed by atoms with Gasteiger partial charge in [-0.3, -0.25) is 0 Å². The Kier molecular flexibility index (Phi) is 4.58. The lowest BCUT2D eigenvalue weighted by Crippen LogP contribution is -2.29. The van der Waals surface area contributed by atoms with Crippen molar-refractivity contribution in [3.05, 3.63) is 0 Å². The monoisotopic (exact) mass is 173 g/mol. The van der Waals surface area contributed by atoms with E-state index in [1.54, 1.807) is 0 Å². The topological polar surface area (TPSA) is 44.5 Å². The standard InChI is InChI=1S/C9H19NO2/c1-8-7-9(3-6-11-8)12-5-2-4-10/h8-9H,2-7,10H2,1H3. The fraction of sp³-hybridized carbons (Fsp3) is 1.00. The van der Waals surface area contributed by atoms with E-state index in [2.05, 4.69) is 6.92 Å². The maximum Gasteiger partial charge on any atom is 0.0621 e. The normalized spacial score (nSPS) is 30.5. The summed E-state index contributed by atoms with van der Waals surface area (Å²) in [6.45, 7) is 4.46. The van der Waals surface area contributed by atoms with Crippen LogP contribution in [0.15, 0.2) is 0 Å². The minimum absolute atomic E-state index is 0.363. The van der Waals surface area contributed by atoms with Gasteiger partial charge in [-0.1, -0.05) is 0 Å². The van der Waals surface area contributed by atoms with Gasteiger partial charge in [0.2, 0.25) is 0 Å². The number of ether oxygens (including phenoxy) is 2. The van der Waals surface area contributed by atoms with Gasteiger partial charge in [0.15, 0.2) is 0 Å². The molecule has 2 N–H and O–H groups in total. The summed E-state index contributed by atoms with van der Waals surface area (Å²) >= 11 is 0. The van der Waals surface area contributed by atoms with Crippen molar-refractivity contribution in [2.75, 3.05) is 19.8 Å². The summed E-state index contributed by atoms with van der Waals surface area (Å²) < 4.78 is 11.0. The lowest BCUT2D eigenvalue weighted by Gasteiger charge is -2.27. The summed E-state index contributed by atoms with van der Waals surface area (Å²) in [6, 6.07) is 0. The SMILES string of the molecule is CC1CC(OCCCN)CCO1. The molecule has 0 aromatic rings. The summed E-state index contributed by atoms with van der Waals surface area (Å²) in [5.41, 5.74) is 5.37. The summed E-state index contributed by atoms with van der Waals surface area (Å²) in [4.78, 5) is 0. The third kappa shape index (κ3) is 3.52. The first-order valence-electron chi connectivity index (χ1n) is 4.76. The largest absolute Gasteiger partial charge is 0.378 e. The Bertz CT molecular complexity index is 119. The minimum atomic E-state index is 0.363. The average Bonchev–Trinajstić information content (AvgIpc) is 2.05. The van der Waals surface area contributed by atoms with Gasteiger partial charge in [0.1, 0.15) is 0 Å². The minimum Gasteiger partial charge on any atom is -0.378 e. The van der Waals surface area contributed by atoms with Crippen LogP contribution in [0.4, 0.5) is 0 Å². The molecule has 2 atom stereocenters. The first-order valence-corrected chi connectivity index (χ1v) is 4.76. The summed E-state index contributed by atoms with van der Waals surface area (Å²) in [5.74, 6) is 0. The first-order chi connectivity index (χ1) is 5.83. The van der Waals surface area contributed by atoms with Crippen LogP contribution in [0, 0.1) is 0 Å². The second kappa shape index (κ2) is 5.51. The molecular formula is C9H19NO2. The van der Waals surface area contributed by atoms with Gasteiger partial charge in [0, 0.05) is 13.2 Å². The van der Waals surface area contributed by atoms with E-state index in [9.17, 15) is 0 Å². The Morgan fingerprint density at radius 1 is 1.58 bits per heavy atom. The summed E-state index contributed by atoms with van der Waals surface area (Å²) in [7, 11) is 0. The maximum atomic E-state index is 5.63. The van der Waals surface area contributed by atoms with Crippen molar-refractivity contribution in [3.63, 3.8) is 0 Å². The molecule has 1 saturated heterocycles. The van der Waals surface area contributed by atoms with Crippen molar-refractivity contribution < 1.29 is 9.47 Å². The smallest absolute Gasteiger partial charge is 0.0621 e. The van der Waals surface area contributed by atoms with E-state index in [0.29, 0.717) is 12.2 Å². The van der Waals surface area contributed by atoms with Gasteiger partial charge in [-0.05, 0) is 32.7 Å². The van der Waals surface area contributed by atoms with Gasteiger partial charge in [-0.25, -0.2) is 0 Å². The van der Waals surface area contributed by atoms with Crippen LogP contribution in [0.1, 0.15) is 26.2 Å². The predicted octanol–water partition coefficient (Wildman–Crippen LogP) is 0.919. The Labute approximate surface area is 74.2 Å². The molecule has 0 bridgehead atoms. The van der Waals surface area contributed by atoms with E-state index in [1.165, 1.54) is 0 Å². The second-order valence-corrected chi connectivity index (χ2v) is 3.34. The van der Waals surface area contributed by atoms with Crippen molar-refractivity contribution in [2.24, 2.45) is 5.73 Å². The van der Waals surface area contributed by atoms with E-state index >= 15 is 0 Å². The number of hydrogen-bond acceptors (Lipinski definition) is 3. The van der Waals surface area contributed by atoms with E-state index in [-0.39, 0.29) is 0 Å². The molecule has 0 aromatic carbocycles. The molecule has 1 fully saturated rings. The molecule has 72 valence electrons. The average molecular weight is 173 g/mol. The first kappa shape index (κ1) is 9.96. The quantitative estimate of drug-likeness (QED) is 0.643. The highest BCUT2D eigenvalue weighted by Crippen LogP contribution is 2.16. The molecule has 12 heavy (non-hydrogen) atoms. The van der Waals surface area contributed by atoms with E-state index < -0.39 is 0 Å². The molecule has 0 spiro atoms. The molecule has 2 unspecified atom stereocenters. The van der Waals surface area contributed by atoms with Crippen molar-refractivity contribution in [3.8, 4) is 0 Å². The van der Waals surface area contributed by atoms with Crippen molar-refractivity contribution in [2.45, 2.75) is 38.4 Å². The van der Waals surface area contributed by atoms with Crippen molar-refractivity contribution >= 4 is 0 Å². The highest BCUT2D eigenvalue weighted by atomic mass is 16.5. The fourth-order valence-corrected chi connectivity index (χ4v) is 1.44. The summed E-state index contributed by atoms with van der Waals surface area (Å²) in [5, 5.41) is 0. The van der Waals surface area contributed by atoms with Gasteiger partial charge in [0.25, 0.3) is 0 Å². The van der Waals surface area contributed by atoms with Crippen LogP contribution in [0.2, 0.25) is 0 Å². The third-order valence-electron chi connectivity index (χ3n) is 2.14. The van der Waals surface area contributed by atoms with E-state index in [4.69, 9.17) is 15.2 Å². The van der Waals surface area contributed by atoms with Gasteiger partial charge in [0.05, 0.1) is 12.2 Å². The lowest BCUT2D eigenvalue weighted by molar-refractivity contribution is -0.0656. The molecule has 0 aliphatic carbocycles. The molecule has 1 heterocycles. The Balaban J connectivity index is 2.06. The molecule has 0 aromatic heterocycles. The van der Waals surface area contributed by atoms with Crippen LogP contribution in [-0.2, 0) is 9.47 Å². The van der Waals surface area contributed by atoms with Crippen LogP contribution in [-0.4, -0.2) is 32.0 Å². The number of nitrogens with two attached hydrogens (primary N) is 1. The second-order valence-electron chi connectivity index (χ2n) is 3.34. The van der Waals surface area contributed by atoms with Crippen LogP contribution in [0.25, 0.3) is 0 Å². The molecule has 3 nitrogen and oxygen atoms in total. The Hall–Kier alpha value is -0.120. The summed E-state index contributed by atoms with van der Waals surface area (Å²) in [6.07, 6.45) is 3.80. The van der Waals surface area contributed by atoms with Crippen LogP contribution >= 0.6 is 0 Å². The molecule has 1 rings (SSSR count).